The van der Waals surface area contributed by atoms with Crippen molar-refractivity contribution in [2.24, 2.45) is 17.8 Å². The molecule has 0 bridgehead atoms. The molecule has 2 amide bonds. The molecule has 3 heterocycles. The third-order valence-corrected chi connectivity index (χ3v) is 15.9. The Morgan fingerprint density at radius 2 is 1.56 bits per heavy atom. The van der Waals surface area contributed by atoms with Crippen LogP contribution in [-0.4, -0.2) is 173 Å². The predicted octanol–water partition coefficient (Wildman–Crippen LogP) is 5.13. The Morgan fingerprint density at radius 3 is 2.16 bits per heavy atom. The van der Waals surface area contributed by atoms with Crippen molar-refractivity contribution in [3.05, 3.63) is 60.2 Å². The van der Waals surface area contributed by atoms with Gasteiger partial charge in [0, 0.05) is 51.3 Å². The number of cyclic esters (lactones) is 1. The maximum Gasteiger partial charge on any atom is 0.324 e. The zero-order valence-corrected chi connectivity index (χ0v) is 45.9. The van der Waals surface area contributed by atoms with Crippen LogP contribution < -0.4 is 20.3 Å². The van der Waals surface area contributed by atoms with E-state index in [4.69, 9.17) is 33.2 Å². The Morgan fingerprint density at radius 1 is 0.904 bits per heavy atom. The van der Waals surface area contributed by atoms with Crippen LogP contribution in [0, 0.1) is 17.8 Å². The average Bonchev–Trinajstić information content (AvgIpc) is 3.36. The van der Waals surface area contributed by atoms with Gasteiger partial charge in [-0.25, -0.2) is 4.79 Å². The molecule has 0 aromatic heterocycles. The number of hydrogen-bond donors (Lipinski definition) is 7. The number of anilines is 1. The molecule has 73 heavy (non-hydrogen) atoms. The minimum atomic E-state index is -1.88. The maximum atomic E-state index is 14.8. The summed E-state index contributed by atoms with van der Waals surface area (Å²) in [4.78, 5) is 32.6. The number of rotatable bonds is 15. The van der Waals surface area contributed by atoms with Crippen LogP contribution in [0.4, 0.5) is 10.5 Å². The minimum absolute atomic E-state index is 0.0310. The number of benzene rings is 2. The van der Waals surface area contributed by atoms with Gasteiger partial charge in [-0.15, -0.1) is 0 Å². The molecule has 0 radical (unpaired) electrons. The van der Waals surface area contributed by atoms with Crippen LogP contribution in [0.1, 0.15) is 114 Å². The normalized spacial score (nSPS) is 39.1. The molecular formula is C55H90N4O14. The second kappa shape index (κ2) is 25.6. The predicted molar refractivity (Wildman–Crippen MR) is 277 cm³/mol. The molecule has 5 rings (SSSR count). The summed E-state index contributed by atoms with van der Waals surface area (Å²) >= 11 is 0. The molecular weight excluding hydrogens is 941 g/mol. The molecule has 0 saturated carbocycles. The van der Waals surface area contributed by atoms with Gasteiger partial charge in [-0.1, -0.05) is 58.0 Å². The lowest BCUT2D eigenvalue weighted by Gasteiger charge is -2.53. The standard InChI is InChI=1S/C55H90N4O14/c1-15-26-56-32-55(66)38(8)70-44(29-53(55,10)68-14)72-46-35(5)48(52(9,64)28-33(3)30-57-37(7)47(61)54(11,65)43(16-2)71-49(62)36(46)6)73-50-45(60)42(27-34(4)69-50)59(31-39-22-24-41(67-13)25-23-39)51(63)58(12)40-20-18-17-19-21-40/h17-25,33-38,42-48,50,56-57,60-61,64-66H,15-16,26-32H2,1-14H3/t33-,34-,35+,36-,37-,38+,42+,43-,44+,45-,46+,47-,48-,50+,52-,53-,54-,55+/m1/s1. The van der Waals surface area contributed by atoms with E-state index in [0.717, 1.165) is 12.0 Å². The van der Waals surface area contributed by atoms with E-state index in [2.05, 4.69) is 10.6 Å². The summed E-state index contributed by atoms with van der Waals surface area (Å²) in [6.07, 6.45) is -8.86. The van der Waals surface area contributed by atoms with Crippen LogP contribution in [0.5, 0.6) is 5.75 Å². The first kappa shape index (κ1) is 60.4. The van der Waals surface area contributed by atoms with E-state index in [9.17, 15) is 35.1 Å². The van der Waals surface area contributed by atoms with E-state index >= 15 is 0 Å². The van der Waals surface area contributed by atoms with Gasteiger partial charge >= 0.3 is 12.0 Å². The fourth-order valence-corrected chi connectivity index (χ4v) is 11.2. The van der Waals surface area contributed by atoms with Gasteiger partial charge in [-0.3, -0.25) is 9.69 Å². The number of urea groups is 1. The van der Waals surface area contributed by atoms with Crippen molar-refractivity contribution >= 4 is 17.7 Å². The first-order valence-corrected chi connectivity index (χ1v) is 26.4. The number of hydrogen-bond acceptors (Lipinski definition) is 16. The number of para-hydroxylation sites is 1. The Hall–Kier alpha value is -3.50. The first-order chi connectivity index (χ1) is 34.3. The molecule has 3 aliphatic rings. The van der Waals surface area contributed by atoms with E-state index in [1.54, 1.807) is 67.5 Å². The second-order valence-electron chi connectivity index (χ2n) is 21.9. The van der Waals surface area contributed by atoms with Crippen molar-refractivity contribution in [3.8, 4) is 5.75 Å². The zero-order valence-electron chi connectivity index (χ0n) is 45.9. The first-order valence-electron chi connectivity index (χ1n) is 26.4. The van der Waals surface area contributed by atoms with Gasteiger partial charge in [0.15, 0.2) is 12.6 Å². The van der Waals surface area contributed by atoms with Crippen LogP contribution in [0.25, 0.3) is 0 Å². The lowest BCUT2D eigenvalue weighted by molar-refractivity contribution is -0.336. The van der Waals surface area contributed by atoms with E-state index < -0.39 is 108 Å². The number of esters is 1. The van der Waals surface area contributed by atoms with E-state index in [1.807, 2.05) is 75.4 Å². The fraction of sp³-hybridized carbons (Fsp3) is 0.745. The average molecular weight is 1030 g/mol. The Kier molecular flexibility index (Phi) is 21.1. The van der Waals surface area contributed by atoms with Crippen molar-refractivity contribution in [2.75, 3.05) is 45.8 Å². The lowest BCUT2D eigenvalue weighted by Crippen LogP contribution is -2.70. The smallest absolute Gasteiger partial charge is 0.324 e. The quantitative estimate of drug-likeness (QED) is 0.0906. The molecule has 414 valence electrons. The van der Waals surface area contributed by atoms with E-state index in [1.165, 1.54) is 18.9 Å². The van der Waals surface area contributed by atoms with Gasteiger partial charge < -0.3 is 74.2 Å². The number of aliphatic hydroxyl groups excluding tert-OH is 2. The second-order valence-corrected chi connectivity index (χ2v) is 21.9. The highest BCUT2D eigenvalue weighted by Gasteiger charge is 2.58. The molecule has 3 saturated heterocycles. The number of amides is 2. The number of carbonyl (C=O) groups is 2. The monoisotopic (exact) mass is 1030 g/mol. The van der Waals surface area contributed by atoms with E-state index in [0.29, 0.717) is 24.5 Å². The van der Waals surface area contributed by atoms with Gasteiger partial charge in [-0.05, 0) is 123 Å². The molecule has 2 aromatic carbocycles. The molecule has 0 unspecified atom stereocenters. The van der Waals surface area contributed by atoms with Crippen molar-refractivity contribution in [1.82, 2.24) is 15.5 Å². The molecule has 0 aliphatic carbocycles. The van der Waals surface area contributed by atoms with Crippen LogP contribution >= 0.6 is 0 Å². The molecule has 2 aromatic rings. The van der Waals surface area contributed by atoms with Crippen molar-refractivity contribution in [3.63, 3.8) is 0 Å². The molecule has 0 spiro atoms. The zero-order chi connectivity index (χ0) is 54.2. The molecule has 18 atom stereocenters. The Bertz CT molecular complexity index is 2030. The number of methoxy groups -OCH3 is 2. The highest BCUT2D eigenvalue weighted by Crippen LogP contribution is 2.43. The van der Waals surface area contributed by atoms with Crippen LogP contribution in [-0.2, 0) is 39.8 Å². The maximum absolute atomic E-state index is 14.8. The summed E-state index contributed by atoms with van der Waals surface area (Å²) in [6.45, 7) is 20.6. The Balaban J connectivity index is 1.60. The summed E-state index contributed by atoms with van der Waals surface area (Å²) in [5.74, 6) is -2.43. The Labute approximate surface area is 434 Å². The van der Waals surface area contributed by atoms with Gasteiger partial charge in [0.05, 0.1) is 49.1 Å². The topological polar surface area (TPSA) is 230 Å². The summed E-state index contributed by atoms with van der Waals surface area (Å²) in [5, 5.41) is 67.9. The van der Waals surface area contributed by atoms with E-state index in [-0.39, 0.29) is 50.7 Å². The highest BCUT2D eigenvalue weighted by molar-refractivity contribution is 5.91. The van der Waals surface area contributed by atoms with Crippen LogP contribution in [0.2, 0.25) is 0 Å². The van der Waals surface area contributed by atoms with Crippen molar-refractivity contribution in [2.45, 2.75) is 205 Å². The largest absolute Gasteiger partial charge is 0.497 e. The third kappa shape index (κ3) is 13.9. The number of aliphatic hydroxyl groups is 5. The summed E-state index contributed by atoms with van der Waals surface area (Å²) in [6, 6.07) is 14.7. The summed E-state index contributed by atoms with van der Waals surface area (Å²) < 4.78 is 44.6. The highest BCUT2D eigenvalue weighted by atomic mass is 16.7. The molecule has 18 heteroatoms. The van der Waals surface area contributed by atoms with Crippen LogP contribution in [0.15, 0.2) is 54.6 Å². The van der Waals surface area contributed by atoms with Crippen LogP contribution in [0.3, 0.4) is 0 Å². The fourth-order valence-electron chi connectivity index (χ4n) is 11.2. The third-order valence-electron chi connectivity index (χ3n) is 15.9. The number of ether oxygens (including phenoxy) is 7. The SMILES string of the molecule is CCCNC[C@]1(O)[C@H](C)O[C@@H](O[C@H]2[C@H](C)[C@@H](O[C@@H]3O[C@H](C)C[C@H](N(Cc4ccc(OC)cc4)C(=O)N(C)c4ccccc4)[C@H]3O)[C@](C)(O)C[C@@H](C)CN[C@H](C)[C@@H](O)[C@](C)(O)[C@@H](CC)OC(=O)[C@@H]2C)C[C@@]1(C)OC. The van der Waals surface area contributed by atoms with Gasteiger partial charge in [0.25, 0.3) is 0 Å². The molecule has 7 N–H and O–H groups in total. The number of carbonyl (C=O) groups excluding carboxylic acids is 2. The summed E-state index contributed by atoms with van der Waals surface area (Å²) in [5.41, 5.74) is -4.88. The van der Waals surface area contributed by atoms with Crippen molar-refractivity contribution < 1.29 is 68.3 Å². The molecule has 3 fully saturated rings. The number of nitrogens with zero attached hydrogens (tertiary/aromatic N) is 2. The van der Waals surface area contributed by atoms with Gasteiger partial charge in [0.2, 0.25) is 0 Å². The van der Waals surface area contributed by atoms with Crippen molar-refractivity contribution in [1.29, 1.82) is 0 Å². The lowest BCUT2D eigenvalue weighted by atomic mass is 9.75. The summed E-state index contributed by atoms with van der Waals surface area (Å²) in [7, 11) is 4.78. The molecule has 3 aliphatic heterocycles. The van der Waals surface area contributed by atoms with Gasteiger partial charge in [-0.2, -0.15) is 0 Å². The minimum Gasteiger partial charge on any atom is -0.497 e. The number of nitrogens with one attached hydrogen (secondary N) is 2. The van der Waals surface area contributed by atoms with Gasteiger partial charge in [0.1, 0.15) is 40.9 Å². The molecule has 18 nitrogen and oxygen atoms in total.